The van der Waals surface area contributed by atoms with Gasteiger partial charge in [0.15, 0.2) is 0 Å². The van der Waals surface area contributed by atoms with Crippen molar-refractivity contribution in [2.24, 2.45) is 5.10 Å². The van der Waals surface area contributed by atoms with E-state index in [0.717, 1.165) is 16.9 Å². The highest BCUT2D eigenvalue weighted by Gasteiger charge is 2.15. The van der Waals surface area contributed by atoms with Crippen molar-refractivity contribution in [2.75, 3.05) is 12.5 Å². The van der Waals surface area contributed by atoms with E-state index in [0.29, 0.717) is 15.7 Å². The minimum Gasteiger partial charge on any atom is -0.478 e. The Kier molecular flexibility index (Phi) is 4.84. The molecule has 0 saturated heterocycles. The first-order valence-electron chi connectivity index (χ1n) is 6.19. The van der Waals surface area contributed by atoms with Gasteiger partial charge in [0.1, 0.15) is 4.88 Å². The van der Waals surface area contributed by atoms with E-state index in [1.54, 1.807) is 19.1 Å². The average molecular weight is 319 g/mol. The molecule has 0 atom stereocenters. The van der Waals surface area contributed by atoms with Crippen molar-refractivity contribution in [3.63, 3.8) is 0 Å². The van der Waals surface area contributed by atoms with E-state index in [1.807, 2.05) is 0 Å². The van der Waals surface area contributed by atoms with Crippen LogP contribution in [0.3, 0.4) is 0 Å². The van der Waals surface area contributed by atoms with Crippen LogP contribution in [0.25, 0.3) is 0 Å². The number of aryl methyl sites for hydroxylation is 1. The van der Waals surface area contributed by atoms with Crippen molar-refractivity contribution in [2.45, 2.75) is 6.92 Å². The predicted octanol–water partition coefficient (Wildman–Crippen LogP) is 2.38. The summed E-state index contributed by atoms with van der Waals surface area (Å²) in [4.78, 5) is 26.8. The SMILES string of the molecule is COC(=O)c1sc(N/N=C\c2ccc(C(=O)O)cc2)nc1C. The summed E-state index contributed by atoms with van der Waals surface area (Å²) < 4.78 is 4.65. The number of nitrogens with zero attached hydrogens (tertiary/aromatic N) is 2. The molecular weight excluding hydrogens is 306 g/mol. The maximum atomic E-state index is 11.5. The summed E-state index contributed by atoms with van der Waals surface area (Å²) in [6.45, 7) is 1.71. The van der Waals surface area contributed by atoms with Crippen LogP contribution >= 0.6 is 11.3 Å². The van der Waals surface area contributed by atoms with Crippen LogP contribution in [0.1, 0.15) is 31.3 Å². The molecule has 0 aliphatic heterocycles. The minimum atomic E-state index is -0.977. The van der Waals surface area contributed by atoms with Crippen LogP contribution in [0.2, 0.25) is 0 Å². The molecule has 2 N–H and O–H groups in total. The number of ether oxygens (including phenoxy) is 1. The molecule has 8 heteroatoms. The largest absolute Gasteiger partial charge is 0.478 e. The first kappa shape index (κ1) is 15.6. The van der Waals surface area contributed by atoms with Crippen molar-refractivity contribution in [1.82, 2.24) is 4.98 Å². The Labute approximate surface area is 130 Å². The molecule has 0 saturated carbocycles. The lowest BCUT2D eigenvalue weighted by atomic mass is 10.1. The Morgan fingerprint density at radius 2 is 2.05 bits per heavy atom. The number of thiazole rings is 1. The molecule has 114 valence electrons. The number of aromatic nitrogens is 1. The van der Waals surface area contributed by atoms with Gasteiger partial charge in [-0.1, -0.05) is 23.5 Å². The molecule has 0 unspecified atom stereocenters. The first-order valence-corrected chi connectivity index (χ1v) is 7.01. The highest BCUT2D eigenvalue weighted by atomic mass is 32.1. The van der Waals surface area contributed by atoms with Crippen LogP contribution in [0.4, 0.5) is 5.13 Å². The monoisotopic (exact) mass is 319 g/mol. The molecule has 0 spiro atoms. The van der Waals surface area contributed by atoms with Gasteiger partial charge in [0, 0.05) is 0 Å². The van der Waals surface area contributed by atoms with Crippen LogP contribution in [-0.4, -0.2) is 35.4 Å². The molecule has 0 amide bonds. The second kappa shape index (κ2) is 6.81. The fourth-order valence-electron chi connectivity index (χ4n) is 1.60. The molecule has 0 bridgehead atoms. The maximum absolute atomic E-state index is 11.5. The number of carbonyl (C=O) groups excluding carboxylic acids is 1. The van der Waals surface area contributed by atoms with Crippen LogP contribution < -0.4 is 5.43 Å². The van der Waals surface area contributed by atoms with Gasteiger partial charge in [-0.15, -0.1) is 0 Å². The highest BCUT2D eigenvalue weighted by Crippen LogP contribution is 2.23. The van der Waals surface area contributed by atoms with E-state index in [1.165, 1.54) is 25.5 Å². The first-order chi connectivity index (χ1) is 10.5. The molecule has 1 heterocycles. The molecule has 7 nitrogen and oxygen atoms in total. The number of anilines is 1. The third kappa shape index (κ3) is 3.67. The number of carboxylic acids is 1. The van der Waals surface area contributed by atoms with Gasteiger partial charge in [0.2, 0.25) is 5.13 Å². The molecule has 0 fully saturated rings. The smallest absolute Gasteiger partial charge is 0.350 e. The fraction of sp³-hybridized carbons (Fsp3) is 0.143. The quantitative estimate of drug-likeness (QED) is 0.498. The van der Waals surface area contributed by atoms with Gasteiger partial charge in [-0.2, -0.15) is 5.10 Å². The van der Waals surface area contributed by atoms with Gasteiger partial charge in [-0.3, -0.25) is 5.43 Å². The van der Waals surface area contributed by atoms with Crippen molar-refractivity contribution >= 4 is 34.6 Å². The van der Waals surface area contributed by atoms with E-state index in [2.05, 4.69) is 20.2 Å². The van der Waals surface area contributed by atoms with Crippen LogP contribution in [0, 0.1) is 6.92 Å². The Balaban J connectivity index is 2.03. The van der Waals surface area contributed by atoms with Crippen molar-refractivity contribution in [1.29, 1.82) is 0 Å². The van der Waals surface area contributed by atoms with Gasteiger partial charge in [0.05, 0.1) is 24.6 Å². The van der Waals surface area contributed by atoms with Crippen molar-refractivity contribution in [3.05, 3.63) is 46.0 Å². The lowest BCUT2D eigenvalue weighted by molar-refractivity contribution is 0.0604. The normalized spacial score (nSPS) is 10.6. The third-order valence-electron chi connectivity index (χ3n) is 2.70. The Morgan fingerprint density at radius 3 is 2.64 bits per heavy atom. The number of hydrazone groups is 1. The van der Waals surface area contributed by atoms with Gasteiger partial charge in [-0.05, 0) is 24.6 Å². The van der Waals surface area contributed by atoms with Crippen LogP contribution in [0.15, 0.2) is 29.4 Å². The Hall–Kier alpha value is -2.74. The second-order valence-electron chi connectivity index (χ2n) is 4.22. The average Bonchev–Trinajstić information content (AvgIpc) is 2.88. The zero-order valence-corrected chi connectivity index (χ0v) is 12.7. The maximum Gasteiger partial charge on any atom is 0.350 e. The molecule has 0 aliphatic carbocycles. The summed E-state index contributed by atoms with van der Waals surface area (Å²) in [5.74, 6) is -1.41. The highest BCUT2D eigenvalue weighted by molar-refractivity contribution is 7.17. The van der Waals surface area contributed by atoms with Gasteiger partial charge in [-0.25, -0.2) is 14.6 Å². The number of hydrogen-bond donors (Lipinski definition) is 2. The number of aromatic carboxylic acids is 1. The van der Waals surface area contributed by atoms with E-state index >= 15 is 0 Å². The van der Waals surface area contributed by atoms with Gasteiger partial charge >= 0.3 is 11.9 Å². The van der Waals surface area contributed by atoms with Gasteiger partial charge in [0.25, 0.3) is 0 Å². The predicted molar refractivity (Wildman–Crippen MR) is 82.8 cm³/mol. The van der Waals surface area contributed by atoms with Crippen LogP contribution in [0.5, 0.6) is 0 Å². The van der Waals surface area contributed by atoms with Crippen LogP contribution in [-0.2, 0) is 4.74 Å². The summed E-state index contributed by atoms with van der Waals surface area (Å²) in [6.07, 6.45) is 1.53. The fourth-order valence-corrected chi connectivity index (χ4v) is 2.43. The minimum absolute atomic E-state index is 0.211. The summed E-state index contributed by atoms with van der Waals surface area (Å²) in [6, 6.07) is 6.27. The zero-order valence-electron chi connectivity index (χ0n) is 11.9. The number of nitrogens with one attached hydrogen (secondary N) is 1. The molecular formula is C14H13N3O4S. The van der Waals surface area contributed by atoms with Crippen molar-refractivity contribution in [3.8, 4) is 0 Å². The number of esters is 1. The lowest BCUT2D eigenvalue weighted by Gasteiger charge is -1.96. The van der Waals surface area contributed by atoms with E-state index in [9.17, 15) is 9.59 Å². The number of rotatable bonds is 5. The molecule has 2 rings (SSSR count). The molecule has 0 aliphatic rings. The molecule has 1 aromatic carbocycles. The summed E-state index contributed by atoms with van der Waals surface area (Å²) in [5.41, 5.74) is 4.24. The molecule has 2 aromatic rings. The number of benzene rings is 1. The van der Waals surface area contributed by atoms with E-state index in [-0.39, 0.29) is 5.56 Å². The topological polar surface area (TPSA) is 101 Å². The third-order valence-corrected chi connectivity index (χ3v) is 3.74. The molecule has 22 heavy (non-hydrogen) atoms. The molecule has 1 aromatic heterocycles. The summed E-state index contributed by atoms with van der Waals surface area (Å²) in [5, 5.41) is 13.3. The van der Waals surface area contributed by atoms with Gasteiger partial charge < -0.3 is 9.84 Å². The number of carbonyl (C=O) groups is 2. The number of hydrogen-bond acceptors (Lipinski definition) is 7. The Morgan fingerprint density at radius 1 is 1.36 bits per heavy atom. The lowest BCUT2D eigenvalue weighted by Crippen LogP contribution is -1.99. The zero-order chi connectivity index (χ0) is 16.1. The molecule has 0 radical (unpaired) electrons. The van der Waals surface area contributed by atoms with E-state index < -0.39 is 11.9 Å². The standard InChI is InChI=1S/C14H13N3O4S/c1-8-11(13(20)21-2)22-14(16-8)17-15-7-9-3-5-10(6-4-9)12(18)19/h3-7H,1-2H3,(H,16,17)(H,18,19)/b15-7-. The summed E-state index contributed by atoms with van der Waals surface area (Å²) >= 11 is 1.15. The number of carboxylic acid groups (broad SMARTS) is 1. The number of methoxy groups -OCH3 is 1. The van der Waals surface area contributed by atoms with Crippen molar-refractivity contribution < 1.29 is 19.4 Å². The Bertz CT molecular complexity index is 722. The summed E-state index contributed by atoms with van der Waals surface area (Å²) in [7, 11) is 1.31. The second-order valence-corrected chi connectivity index (χ2v) is 5.22. The van der Waals surface area contributed by atoms with E-state index in [4.69, 9.17) is 5.11 Å².